The van der Waals surface area contributed by atoms with E-state index in [1.54, 1.807) is 4.31 Å². The number of aromatic nitrogens is 1. The number of amides is 1. The minimum absolute atomic E-state index is 0.0221. The van der Waals surface area contributed by atoms with Crippen LogP contribution in [0.2, 0.25) is 5.02 Å². The maximum Gasteiger partial charge on any atom is 0.417 e. The summed E-state index contributed by atoms with van der Waals surface area (Å²) in [6.45, 7) is 1.12. The Kier molecular flexibility index (Phi) is 8.49. The molecule has 1 amide bonds. The average molecular weight is 658 g/mol. The second-order valence-electron chi connectivity index (χ2n) is 12.8. The fourth-order valence-electron chi connectivity index (χ4n) is 7.65. The molecular formula is C30H36ClF4N5O3S. The summed E-state index contributed by atoms with van der Waals surface area (Å²) in [6.07, 6.45) is 2.65. The lowest BCUT2D eigenvalue weighted by Crippen LogP contribution is -2.59. The molecule has 6 rings (SSSR count). The highest BCUT2D eigenvalue weighted by Crippen LogP contribution is 2.55. The number of rotatable bonds is 7. The molecule has 2 bridgehead atoms. The Morgan fingerprint density at radius 2 is 1.98 bits per heavy atom. The number of pyridine rings is 1. The number of nitrogens with one attached hydrogen (secondary N) is 2. The van der Waals surface area contributed by atoms with Gasteiger partial charge in [-0.05, 0) is 79.7 Å². The second-order valence-corrected chi connectivity index (χ2v) is 15.2. The van der Waals surface area contributed by atoms with Crippen LogP contribution in [0.15, 0.2) is 36.7 Å². The van der Waals surface area contributed by atoms with Gasteiger partial charge in [-0.1, -0.05) is 24.1 Å². The zero-order valence-corrected chi connectivity index (χ0v) is 25.6. The Bertz CT molecular complexity index is 1530. The van der Waals surface area contributed by atoms with Gasteiger partial charge in [0.25, 0.3) is 0 Å². The molecule has 3 heterocycles. The van der Waals surface area contributed by atoms with Gasteiger partial charge in [0, 0.05) is 43.5 Å². The van der Waals surface area contributed by atoms with Crippen LogP contribution in [0.5, 0.6) is 0 Å². The molecule has 2 aliphatic heterocycles. The minimum atomic E-state index is -4.68. The molecule has 240 valence electrons. The van der Waals surface area contributed by atoms with E-state index in [2.05, 4.69) is 15.6 Å². The maximum absolute atomic E-state index is 14.5. The Balaban J connectivity index is 1.19. The van der Waals surface area contributed by atoms with Crippen LogP contribution in [0.25, 0.3) is 0 Å². The molecule has 2 unspecified atom stereocenters. The van der Waals surface area contributed by atoms with Gasteiger partial charge in [-0.2, -0.15) is 17.5 Å². The van der Waals surface area contributed by atoms with Crippen LogP contribution in [0.4, 0.5) is 17.6 Å². The van der Waals surface area contributed by atoms with Crippen LogP contribution in [0, 0.1) is 17.7 Å². The number of fused-ring (bicyclic) bond motifs is 3. The number of alkyl halides is 3. The van der Waals surface area contributed by atoms with Crippen LogP contribution in [0.1, 0.15) is 67.6 Å². The van der Waals surface area contributed by atoms with E-state index in [1.165, 1.54) is 18.3 Å². The molecule has 2 saturated carbocycles. The van der Waals surface area contributed by atoms with E-state index in [9.17, 15) is 30.8 Å². The molecule has 2 aromatic rings. The maximum atomic E-state index is 14.5. The molecule has 8 nitrogen and oxygen atoms in total. The van der Waals surface area contributed by atoms with Crippen molar-refractivity contribution >= 4 is 27.5 Å². The summed E-state index contributed by atoms with van der Waals surface area (Å²) in [5.74, 6) is -2.05. The van der Waals surface area contributed by atoms with Crippen molar-refractivity contribution in [2.24, 2.45) is 17.6 Å². The summed E-state index contributed by atoms with van der Waals surface area (Å²) in [5.41, 5.74) is 5.25. The van der Waals surface area contributed by atoms with Gasteiger partial charge in [0.05, 0.1) is 27.9 Å². The SMILES string of the molecule is N[C@H](C(=O)N[C@H]1CCC[C@@H]1C[C@@H]1CC12CN[C@@H]1CCCS(=O)(=O)N2C1)[C@H](c1cncc(C(F)(F)F)c1)c1ccc(Cl)c(F)c1. The van der Waals surface area contributed by atoms with Crippen LogP contribution in [0.3, 0.4) is 0 Å². The van der Waals surface area contributed by atoms with E-state index in [1.807, 2.05) is 0 Å². The molecule has 44 heavy (non-hydrogen) atoms. The normalized spacial score (nSPS) is 32.5. The largest absolute Gasteiger partial charge is 0.417 e. The first-order valence-corrected chi connectivity index (χ1v) is 17.0. The van der Waals surface area contributed by atoms with Crippen molar-refractivity contribution < 1.29 is 30.8 Å². The van der Waals surface area contributed by atoms with Gasteiger partial charge < -0.3 is 16.4 Å². The van der Waals surface area contributed by atoms with E-state index in [0.29, 0.717) is 32.1 Å². The number of halogens is 5. The lowest BCUT2D eigenvalue weighted by Gasteiger charge is -2.39. The van der Waals surface area contributed by atoms with Crippen molar-refractivity contribution in [3.05, 3.63) is 64.2 Å². The Hall–Kier alpha value is -2.32. The minimum Gasteiger partial charge on any atom is -0.352 e. The summed E-state index contributed by atoms with van der Waals surface area (Å²) >= 11 is 5.85. The number of nitrogens with zero attached hydrogens (tertiary/aromatic N) is 2. The van der Waals surface area contributed by atoms with Crippen molar-refractivity contribution in [1.29, 1.82) is 0 Å². The number of hydrogen-bond donors (Lipinski definition) is 3. The smallest absolute Gasteiger partial charge is 0.352 e. The van der Waals surface area contributed by atoms with Gasteiger partial charge >= 0.3 is 6.18 Å². The first-order valence-electron chi connectivity index (χ1n) is 15.1. The molecule has 1 aromatic heterocycles. The molecule has 4 N–H and O–H groups in total. The van der Waals surface area contributed by atoms with Crippen LogP contribution >= 0.6 is 11.6 Å². The van der Waals surface area contributed by atoms with Crippen molar-refractivity contribution in [3.8, 4) is 0 Å². The molecular weight excluding hydrogens is 622 g/mol. The molecule has 4 aliphatic rings. The van der Waals surface area contributed by atoms with Crippen molar-refractivity contribution in [3.63, 3.8) is 0 Å². The monoisotopic (exact) mass is 657 g/mol. The van der Waals surface area contributed by atoms with Gasteiger partial charge in [0.2, 0.25) is 15.9 Å². The standard InChI is InChI=1S/C30H36ClF4N5O3S/c31-23-7-6-18(11-24(23)32)26(19-10-21(14-37-13-19)30(33,34)35)27(36)28(41)39-25-5-1-3-17(25)9-20-12-29(20)16-38-22-4-2-8-44(42,43)40(29)15-22/h6-7,10-11,13-14,17,20,22,25-27,38H,1-5,8-9,12,15-16,36H2,(H,39,41)/t17-,20-,22-,25+,26+,27+,29?/m1/s1. The van der Waals surface area contributed by atoms with Crippen molar-refractivity contribution in [2.45, 2.75) is 80.7 Å². The van der Waals surface area contributed by atoms with Gasteiger partial charge in [0.15, 0.2) is 0 Å². The number of sulfonamides is 1. The Morgan fingerprint density at radius 1 is 1.18 bits per heavy atom. The third kappa shape index (κ3) is 6.10. The molecule has 14 heteroatoms. The predicted octanol–water partition coefficient (Wildman–Crippen LogP) is 4.18. The fraction of sp³-hybridized carbons (Fsp3) is 0.600. The lowest BCUT2D eigenvalue weighted by molar-refractivity contribution is -0.137. The van der Waals surface area contributed by atoms with Gasteiger partial charge in [-0.15, -0.1) is 0 Å². The van der Waals surface area contributed by atoms with Crippen LogP contribution < -0.4 is 16.4 Å². The first kappa shape index (κ1) is 31.7. The second kappa shape index (κ2) is 11.8. The van der Waals surface area contributed by atoms with E-state index in [-0.39, 0.29) is 45.8 Å². The number of carbonyl (C=O) groups is 1. The molecule has 2 aliphatic carbocycles. The molecule has 8 atom stereocenters. The zero-order chi connectivity index (χ0) is 31.4. The highest BCUT2D eigenvalue weighted by Gasteiger charge is 2.63. The average Bonchev–Trinajstić information content (AvgIpc) is 3.49. The van der Waals surface area contributed by atoms with E-state index in [0.717, 1.165) is 44.2 Å². The van der Waals surface area contributed by atoms with Gasteiger partial charge in [-0.3, -0.25) is 9.78 Å². The summed E-state index contributed by atoms with van der Waals surface area (Å²) in [7, 11) is -3.33. The molecule has 2 saturated heterocycles. The van der Waals surface area contributed by atoms with E-state index < -0.39 is 51.0 Å². The van der Waals surface area contributed by atoms with Gasteiger partial charge in [-0.25, -0.2) is 12.8 Å². The first-order chi connectivity index (χ1) is 20.8. The number of nitrogens with two attached hydrogens (primary N) is 1. The molecule has 1 spiro atoms. The predicted molar refractivity (Wildman–Crippen MR) is 157 cm³/mol. The summed E-state index contributed by atoms with van der Waals surface area (Å²) < 4.78 is 83.0. The summed E-state index contributed by atoms with van der Waals surface area (Å²) in [5, 5.41) is 6.43. The summed E-state index contributed by atoms with van der Waals surface area (Å²) in [4.78, 5) is 17.4. The number of hydrogen-bond acceptors (Lipinski definition) is 6. The zero-order valence-electron chi connectivity index (χ0n) is 24.0. The van der Waals surface area contributed by atoms with Crippen molar-refractivity contribution in [2.75, 3.05) is 18.8 Å². The van der Waals surface area contributed by atoms with Crippen LogP contribution in [-0.2, 0) is 21.0 Å². The molecule has 1 aromatic carbocycles. The Labute approximate surface area is 259 Å². The number of piperazine rings is 1. The molecule has 4 fully saturated rings. The summed E-state index contributed by atoms with van der Waals surface area (Å²) in [6, 6.07) is 3.26. The van der Waals surface area contributed by atoms with E-state index in [4.69, 9.17) is 17.3 Å². The van der Waals surface area contributed by atoms with E-state index >= 15 is 0 Å². The topological polar surface area (TPSA) is 117 Å². The van der Waals surface area contributed by atoms with Gasteiger partial charge in [0.1, 0.15) is 5.82 Å². The number of carbonyl (C=O) groups excluding carboxylic acids is 1. The van der Waals surface area contributed by atoms with Crippen molar-refractivity contribution in [1.82, 2.24) is 19.9 Å². The third-order valence-corrected chi connectivity index (χ3v) is 12.3. The fourth-order valence-corrected chi connectivity index (χ4v) is 9.77. The lowest BCUT2D eigenvalue weighted by atomic mass is 9.84. The van der Waals surface area contributed by atoms with Crippen LogP contribution in [-0.4, -0.2) is 66.1 Å². The quantitative estimate of drug-likeness (QED) is 0.385. The highest BCUT2D eigenvalue weighted by molar-refractivity contribution is 7.89. The highest BCUT2D eigenvalue weighted by atomic mass is 35.5. The third-order valence-electron chi connectivity index (χ3n) is 10.1. The number of benzene rings is 1. The Morgan fingerprint density at radius 3 is 2.73 bits per heavy atom. The molecule has 0 radical (unpaired) electrons.